The Morgan fingerprint density at radius 2 is 1.75 bits per heavy atom. The van der Waals surface area contributed by atoms with E-state index in [1.807, 2.05) is 6.07 Å². The van der Waals surface area contributed by atoms with E-state index in [1.54, 1.807) is 6.26 Å². The zero-order valence-corrected chi connectivity index (χ0v) is 12.0. The standard InChI is InChI=1S/C13H21BrO2/c1-9(2)7-13(15,8-10(3)4)12-11(14)5-6-16-12/h5-6,9-10,15H,7-8H2,1-4H3. The summed E-state index contributed by atoms with van der Waals surface area (Å²) in [6, 6.07) is 1.83. The third-order valence-electron chi connectivity index (χ3n) is 2.53. The second-order valence-electron chi connectivity index (χ2n) is 5.33. The highest BCUT2D eigenvalue weighted by Gasteiger charge is 2.35. The lowest BCUT2D eigenvalue weighted by atomic mass is 9.83. The van der Waals surface area contributed by atoms with Crippen molar-refractivity contribution in [2.24, 2.45) is 11.8 Å². The summed E-state index contributed by atoms with van der Waals surface area (Å²) in [6.07, 6.45) is 3.06. The van der Waals surface area contributed by atoms with E-state index in [4.69, 9.17) is 4.42 Å². The smallest absolute Gasteiger partial charge is 0.149 e. The highest BCUT2D eigenvalue weighted by molar-refractivity contribution is 9.10. The van der Waals surface area contributed by atoms with E-state index in [0.29, 0.717) is 17.6 Å². The van der Waals surface area contributed by atoms with Gasteiger partial charge >= 0.3 is 0 Å². The Morgan fingerprint density at radius 3 is 2.06 bits per heavy atom. The van der Waals surface area contributed by atoms with E-state index < -0.39 is 5.60 Å². The molecular formula is C13H21BrO2. The van der Waals surface area contributed by atoms with Crippen LogP contribution in [0.1, 0.15) is 46.3 Å². The normalized spacial score (nSPS) is 12.8. The highest BCUT2D eigenvalue weighted by atomic mass is 79.9. The molecule has 0 atom stereocenters. The molecule has 1 aromatic heterocycles. The molecule has 1 heterocycles. The van der Waals surface area contributed by atoms with Gasteiger partial charge in [-0.1, -0.05) is 27.7 Å². The molecule has 0 aromatic carbocycles. The van der Waals surface area contributed by atoms with Crippen LogP contribution in [-0.2, 0) is 5.60 Å². The average Bonchev–Trinajstić information content (AvgIpc) is 2.48. The summed E-state index contributed by atoms with van der Waals surface area (Å²) in [7, 11) is 0. The third kappa shape index (κ3) is 3.36. The fraction of sp³-hybridized carbons (Fsp3) is 0.692. The molecule has 2 nitrogen and oxygen atoms in total. The molecule has 0 aliphatic carbocycles. The van der Waals surface area contributed by atoms with Gasteiger partial charge in [-0.3, -0.25) is 0 Å². The van der Waals surface area contributed by atoms with Crippen LogP contribution in [0.5, 0.6) is 0 Å². The van der Waals surface area contributed by atoms with E-state index in [-0.39, 0.29) is 0 Å². The molecule has 0 aliphatic heterocycles. The minimum absolute atomic E-state index is 0.431. The molecule has 0 aliphatic rings. The number of hydrogen-bond donors (Lipinski definition) is 1. The molecule has 0 spiro atoms. The molecule has 0 saturated heterocycles. The van der Waals surface area contributed by atoms with E-state index in [2.05, 4.69) is 43.6 Å². The Balaban J connectivity index is 2.99. The van der Waals surface area contributed by atoms with E-state index in [9.17, 15) is 5.11 Å². The van der Waals surface area contributed by atoms with Gasteiger partial charge < -0.3 is 9.52 Å². The van der Waals surface area contributed by atoms with Crippen LogP contribution in [0, 0.1) is 11.8 Å². The third-order valence-corrected chi connectivity index (χ3v) is 3.16. The summed E-state index contributed by atoms with van der Waals surface area (Å²) < 4.78 is 6.29. The SMILES string of the molecule is CC(C)CC(O)(CC(C)C)c1occc1Br. The van der Waals surface area contributed by atoms with Crippen molar-refractivity contribution in [3.8, 4) is 0 Å². The van der Waals surface area contributed by atoms with Gasteiger partial charge in [0.2, 0.25) is 0 Å². The number of rotatable bonds is 5. The number of halogens is 1. The van der Waals surface area contributed by atoms with Crippen LogP contribution >= 0.6 is 15.9 Å². The molecule has 1 aromatic rings. The zero-order chi connectivity index (χ0) is 12.3. The Morgan fingerprint density at radius 1 is 1.25 bits per heavy atom. The van der Waals surface area contributed by atoms with Crippen LogP contribution < -0.4 is 0 Å². The minimum atomic E-state index is -0.856. The summed E-state index contributed by atoms with van der Waals surface area (Å²) >= 11 is 3.43. The first kappa shape index (κ1) is 13.8. The lowest BCUT2D eigenvalue weighted by molar-refractivity contribution is -0.0242. The number of furan rings is 1. The first-order valence-corrected chi connectivity index (χ1v) is 6.60. The van der Waals surface area contributed by atoms with Gasteiger partial charge in [0.15, 0.2) is 0 Å². The van der Waals surface area contributed by atoms with Crippen LogP contribution in [0.4, 0.5) is 0 Å². The molecule has 0 amide bonds. The van der Waals surface area contributed by atoms with Crippen molar-refractivity contribution < 1.29 is 9.52 Å². The summed E-state index contributed by atoms with van der Waals surface area (Å²) in [5.74, 6) is 1.52. The fourth-order valence-corrected chi connectivity index (χ4v) is 2.82. The van der Waals surface area contributed by atoms with Gasteiger partial charge in [-0.25, -0.2) is 0 Å². The van der Waals surface area contributed by atoms with Crippen LogP contribution in [-0.4, -0.2) is 5.11 Å². The molecule has 0 fully saturated rings. The van der Waals surface area contributed by atoms with Gasteiger partial charge in [0.1, 0.15) is 11.4 Å². The lowest BCUT2D eigenvalue weighted by Crippen LogP contribution is -2.29. The van der Waals surface area contributed by atoms with Gasteiger partial charge in [-0.05, 0) is 46.7 Å². The quantitative estimate of drug-likeness (QED) is 0.875. The molecule has 1 N–H and O–H groups in total. The Labute approximate surface area is 106 Å². The Kier molecular flexibility index (Phi) is 4.62. The predicted octanol–water partition coefficient (Wildman–Crippen LogP) is 4.32. The van der Waals surface area contributed by atoms with Crippen molar-refractivity contribution in [3.63, 3.8) is 0 Å². The maximum atomic E-state index is 10.8. The van der Waals surface area contributed by atoms with Gasteiger partial charge in [-0.15, -0.1) is 0 Å². The molecule has 1 rings (SSSR count). The largest absolute Gasteiger partial charge is 0.465 e. The van der Waals surface area contributed by atoms with Crippen molar-refractivity contribution >= 4 is 15.9 Å². The van der Waals surface area contributed by atoms with Gasteiger partial charge in [0, 0.05) is 0 Å². The Hall–Kier alpha value is -0.280. The molecule has 3 heteroatoms. The van der Waals surface area contributed by atoms with Crippen LogP contribution in [0.2, 0.25) is 0 Å². The molecule has 92 valence electrons. The van der Waals surface area contributed by atoms with Crippen molar-refractivity contribution in [2.45, 2.75) is 46.1 Å². The van der Waals surface area contributed by atoms with Gasteiger partial charge in [0.25, 0.3) is 0 Å². The van der Waals surface area contributed by atoms with Crippen molar-refractivity contribution in [1.29, 1.82) is 0 Å². The lowest BCUT2D eigenvalue weighted by Gasteiger charge is -2.30. The number of hydrogen-bond acceptors (Lipinski definition) is 2. The van der Waals surface area contributed by atoms with Crippen molar-refractivity contribution in [3.05, 3.63) is 22.6 Å². The van der Waals surface area contributed by atoms with Crippen molar-refractivity contribution in [1.82, 2.24) is 0 Å². The summed E-state index contributed by atoms with van der Waals surface area (Å²) in [5.41, 5.74) is -0.856. The van der Waals surface area contributed by atoms with Gasteiger partial charge in [-0.2, -0.15) is 0 Å². The zero-order valence-electron chi connectivity index (χ0n) is 10.5. The average molecular weight is 289 g/mol. The second-order valence-corrected chi connectivity index (χ2v) is 6.18. The highest BCUT2D eigenvalue weighted by Crippen LogP contribution is 2.38. The molecule has 0 unspecified atom stereocenters. The van der Waals surface area contributed by atoms with E-state index in [1.165, 1.54) is 0 Å². The van der Waals surface area contributed by atoms with Crippen molar-refractivity contribution in [2.75, 3.05) is 0 Å². The number of aliphatic hydroxyl groups is 1. The molecule has 16 heavy (non-hydrogen) atoms. The van der Waals surface area contributed by atoms with E-state index >= 15 is 0 Å². The summed E-state index contributed by atoms with van der Waals surface area (Å²) in [4.78, 5) is 0. The van der Waals surface area contributed by atoms with Crippen LogP contribution in [0.25, 0.3) is 0 Å². The summed E-state index contributed by atoms with van der Waals surface area (Å²) in [5, 5.41) is 10.8. The predicted molar refractivity (Wildman–Crippen MR) is 69.2 cm³/mol. The first-order chi connectivity index (χ1) is 7.35. The molecular weight excluding hydrogens is 268 g/mol. The monoisotopic (exact) mass is 288 g/mol. The van der Waals surface area contributed by atoms with E-state index in [0.717, 1.165) is 17.3 Å². The fourth-order valence-electron chi connectivity index (χ4n) is 2.25. The molecule has 0 bridgehead atoms. The Bertz CT molecular complexity index is 318. The first-order valence-electron chi connectivity index (χ1n) is 5.81. The van der Waals surface area contributed by atoms with Crippen LogP contribution in [0.15, 0.2) is 21.2 Å². The summed E-state index contributed by atoms with van der Waals surface area (Å²) in [6.45, 7) is 8.45. The maximum Gasteiger partial charge on any atom is 0.149 e. The van der Waals surface area contributed by atoms with Crippen LogP contribution in [0.3, 0.4) is 0 Å². The molecule has 0 radical (unpaired) electrons. The molecule has 0 saturated carbocycles. The topological polar surface area (TPSA) is 33.4 Å². The minimum Gasteiger partial charge on any atom is -0.465 e. The second kappa shape index (κ2) is 5.37. The maximum absolute atomic E-state index is 10.8. The van der Waals surface area contributed by atoms with Gasteiger partial charge in [0.05, 0.1) is 10.7 Å².